The number of piperazine rings is 1. The molecule has 0 aliphatic carbocycles. The van der Waals surface area contributed by atoms with E-state index in [1.807, 2.05) is 26.0 Å². The molecule has 6 nitrogen and oxygen atoms in total. The fourth-order valence-electron chi connectivity index (χ4n) is 4.36. The molecule has 0 spiro atoms. The van der Waals surface area contributed by atoms with Gasteiger partial charge in [0, 0.05) is 43.4 Å². The van der Waals surface area contributed by atoms with Gasteiger partial charge < -0.3 is 14.9 Å². The van der Waals surface area contributed by atoms with Crippen molar-refractivity contribution >= 4 is 11.6 Å². The maximum absolute atomic E-state index is 9.17. The molecule has 0 bridgehead atoms. The van der Waals surface area contributed by atoms with Crippen LogP contribution in [0.2, 0.25) is 5.02 Å². The molecule has 1 aliphatic rings. The van der Waals surface area contributed by atoms with Gasteiger partial charge in [0.2, 0.25) is 0 Å². The van der Waals surface area contributed by atoms with E-state index in [1.165, 1.54) is 11.1 Å². The Kier molecular flexibility index (Phi) is 11.7. The van der Waals surface area contributed by atoms with Gasteiger partial charge in [0.1, 0.15) is 5.75 Å². The van der Waals surface area contributed by atoms with Crippen LogP contribution >= 0.6 is 11.6 Å². The van der Waals surface area contributed by atoms with E-state index in [2.05, 4.69) is 57.2 Å². The van der Waals surface area contributed by atoms with Crippen LogP contribution in [0, 0.1) is 6.92 Å². The number of aryl methyl sites for hydroxylation is 2. The van der Waals surface area contributed by atoms with Crippen LogP contribution in [0.5, 0.6) is 5.75 Å². The Labute approximate surface area is 220 Å². The van der Waals surface area contributed by atoms with E-state index in [9.17, 15) is 5.11 Å². The Hall–Kier alpha value is -2.48. The maximum Gasteiger partial charge on any atom is 0.137 e. The number of halogens is 1. The first kappa shape index (κ1) is 28.1. The van der Waals surface area contributed by atoms with Crippen LogP contribution in [0.1, 0.15) is 35.5 Å². The molecule has 0 amide bonds. The largest absolute Gasteiger partial charge is 0.506 e. The van der Waals surface area contributed by atoms with Gasteiger partial charge >= 0.3 is 0 Å². The van der Waals surface area contributed by atoms with E-state index in [0.29, 0.717) is 19.0 Å². The van der Waals surface area contributed by atoms with Crippen molar-refractivity contribution < 1.29 is 14.9 Å². The first-order valence-corrected chi connectivity index (χ1v) is 13.0. The molecule has 2 N–H and O–H groups in total. The Morgan fingerprint density at radius 3 is 2.19 bits per heavy atom. The highest BCUT2D eigenvalue weighted by molar-refractivity contribution is 6.30. The van der Waals surface area contributed by atoms with Crippen LogP contribution in [-0.2, 0) is 11.2 Å². The van der Waals surface area contributed by atoms with Crippen molar-refractivity contribution in [1.29, 1.82) is 0 Å². The van der Waals surface area contributed by atoms with Crippen LogP contribution in [-0.4, -0.2) is 77.5 Å². The van der Waals surface area contributed by atoms with E-state index >= 15 is 0 Å². The van der Waals surface area contributed by atoms with Crippen molar-refractivity contribution in [3.8, 4) is 5.75 Å². The number of aliphatic hydroxyl groups is 1. The summed E-state index contributed by atoms with van der Waals surface area (Å²) >= 11 is 6.09. The molecule has 2 heterocycles. The minimum Gasteiger partial charge on any atom is -0.506 e. The average Bonchev–Trinajstić information content (AvgIpc) is 2.91. The molecule has 0 saturated carbocycles. The van der Waals surface area contributed by atoms with Gasteiger partial charge in [-0.2, -0.15) is 0 Å². The number of aliphatic hydroxyl groups excluding tert-OH is 1. The number of hydrogen-bond acceptors (Lipinski definition) is 6. The minimum atomic E-state index is 0.0909. The van der Waals surface area contributed by atoms with Gasteiger partial charge in [-0.15, -0.1) is 0 Å². The molecule has 1 unspecified atom stereocenters. The number of aromatic nitrogens is 1. The summed E-state index contributed by atoms with van der Waals surface area (Å²) in [5.41, 5.74) is 4.32. The van der Waals surface area contributed by atoms with Crippen molar-refractivity contribution in [1.82, 2.24) is 14.8 Å². The van der Waals surface area contributed by atoms with Crippen LogP contribution in [0.3, 0.4) is 0 Å². The Morgan fingerprint density at radius 2 is 1.58 bits per heavy atom. The maximum atomic E-state index is 9.17. The van der Waals surface area contributed by atoms with Crippen molar-refractivity contribution in [3.63, 3.8) is 0 Å². The number of aromatic hydroxyl groups is 1. The number of rotatable bonds is 9. The Morgan fingerprint density at radius 1 is 0.917 bits per heavy atom. The third-order valence-electron chi connectivity index (χ3n) is 6.28. The topological polar surface area (TPSA) is 69.1 Å². The van der Waals surface area contributed by atoms with Crippen LogP contribution in [0.4, 0.5) is 0 Å². The van der Waals surface area contributed by atoms with E-state index in [4.69, 9.17) is 21.4 Å². The van der Waals surface area contributed by atoms with Crippen molar-refractivity contribution in [2.24, 2.45) is 0 Å². The minimum absolute atomic E-state index is 0.0909. The molecule has 1 aliphatic heterocycles. The van der Waals surface area contributed by atoms with E-state index in [0.717, 1.165) is 55.6 Å². The van der Waals surface area contributed by atoms with Crippen molar-refractivity contribution in [3.05, 3.63) is 94.3 Å². The first-order valence-electron chi connectivity index (χ1n) is 12.6. The molecule has 1 atom stereocenters. The van der Waals surface area contributed by atoms with Crippen molar-refractivity contribution in [2.75, 3.05) is 52.5 Å². The lowest BCUT2D eigenvalue weighted by molar-refractivity contribution is 0.0522. The van der Waals surface area contributed by atoms with Gasteiger partial charge in [-0.1, -0.05) is 61.0 Å². The molecular formula is C29H38ClN3O3. The zero-order chi connectivity index (χ0) is 25.8. The zero-order valence-electron chi connectivity index (χ0n) is 21.3. The van der Waals surface area contributed by atoms with Gasteiger partial charge in [0.25, 0.3) is 0 Å². The zero-order valence-corrected chi connectivity index (χ0v) is 22.1. The Balaban J connectivity index is 0.000000303. The average molecular weight is 512 g/mol. The summed E-state index contributed by atoms with van der Waals surface area (Å²) in [6, 6.07) is 22.6. The summed E-state index contributed by atoms with van der Waals surface area (Å²) in [5.74, 6) is 0.299. The fourth-order valence-corrected chi connectivity index (χ4v) is 4.49. The van der Waals surface area contributed by atoms with Gasteiger partial charge in [0.05, 0.1) is 31.6 Å². The summed E-state index contributed by atoms with van der Waals surface area (Å²) < 4.78 is 5.39. The molecule has 1 fully saturated rings. The second-order valence-electron chi connectivity index (χ2n) is 8.85. The van der Waals surface area contributed by atoms with E-state index in [-0.39, 0.29) is 12.6 Å². The number of nitrogens with zero attached hydrogens (tertiary/aromatic N) is 3. The van der Waals surface area contributed by atoms with Crippen LogP contribution < -0.4 is 0 Å². The molecule has 36 heavy (non-hydrogen) atoms. The van der Waals surface area contributed by atoms with Gasteiger partial charge in [-0.05, 0) is 48.7 Å². The smallest absolute Gasteiger partial charge is 0.137 e. The number of hydrogen-bond donors (Lipinski definition) is 2. The van der Waals surface area contributed by atoms with Gasteiger partial charge in [-0.3, -0.25) is 14.8 Å². The summed E-state index contributed by atoms with van der Waals surface area (Å²) in [6.45, 7) is 10.1. The summed E-state index contributed by atoms with van der Waals surface area (Å²) in [5, 5.41) is 18.7. The first-order chi connectivity index (χ1) is 17.5. The lowest BCUT2D eigenvalue weighted by atomic mass is 9.96. The number of benzene rings is 2. The monoisotopic (exact) mass is 511 g/mol. The fraction of sp³-hybridized carbons (Fsp3) is 0.414. The highest BCUT2D eigenvalue weighted by Gasteiger charge is 2.26. The quantitative estimate of drug-likeness (QED) is 0.405. The predicted molar refractivity (Wildman–Crippen MR) is 146 cm³/mol. The molecule has 1 saturated heterocycles. The lowest BCUT2D eigenvalue weighted by Crippen LogP contribution is -2.48. The number of ether oxygens (including phenoxy) is 1. The molecule has 2 aromatic carbocycles. The molecule has 0 radical (unpaired) electrons. The molecule has 4 rings (SSSR count). The van der Waals surface area contributed by atoms with Crippen LogP contribution in [0.15, 0.2) is 66.7 Å². The molecule has 194 valence electrons. The van der Waals surface area contributed by atoms with Gasteiger partial charge in [-0.25, -0.2) is 0 Å². The number of pyridine rings is 1. The SMILES string of the molecule is CCc1nc(C)ccc1O.OCCOCCN1CCN(C(c2ccccc2)c2ccc(Cl)cc2)CC1. The summed E-state index contributed by atoms with van der Waals surface area (Å²) in [6.07, 6.45) is 0.785. The summed E-state index contributed by atoms with van der Waals surface area (Å²) in [4.78, 5) is 9.11. The standard InChI is InChI=1S/C21H27ClN2O2.C8H11NO/c22-20-8-6-19(7-9-20)21(18-4-2-1-3-5-18)24-12-10-23(11-13-24)14-16-26-17-15-25;1-3-7-8(10)5-4-6(2)9-7/h1-9,21,25H,10-17H2;4-5,10H,3H2,1-2H3. The van der Waals surface area contributed by atoms with E-state index < -0.39 is 0 Å². The van der Waals surface area contributed by atoms with Crippen molar-refractivity contribution in [2.45, 2.75) is 26.3 Å². The van der Waals surface area contributed by atoms with Crippen LogP contribution in [0.25, 0.3) is 0 Å². The second-order valence-corrected chi connectivity index (χ2v) is 9.29. The second kappa shape index (κ2) is 14.9. The molecular weight excluding hydrogens is 474 g/mol. The Bertz CT molecular complexity index is 1030. The lowest BCUT2D eigenvalue weighted by Gasteiger charge is -2.39. The third-order valence-corrected chi connectivity index (χ3v) is 6.54. The van der Waals surface area contributed by atoms with E-state index in [1.54, 1.807) is 12.1 Å². The highest BCUT2D eigenvalue weighted by Crippen LogP contribution is 2.30. The molecule has 3 aromatic rings. The highest BCUT2D eigenvalue weighted by atomic mass is 35.5. The van der Waals surface area contributed by atoms with Gasteiger partial charge in [0.15, 0.2) is 0 Å². The molecule has 1 aromatic heterocycles. The third kappa shape index (κ3) is 8.57. The molecule has 7 heteroatoms. The predicted octanol–water partition coefficient (Wildman–Crippen LogP) is 4.71. The summed E-state index contributed by atoms with van der Waals surface area (Å²) in [7, 11) is 0. The normalized spacial score (nSPS) is 15.2.